The quantitative estimate of drug-likeness (QED) is 0.573. The molecule has 8 nitrogen and oxygen atoms in total. The van der Waals surface area contributed by atoms with Gasteiger partial charge < -0.3 is 5.11 Å². The van der Waals surface area contributed by atoms with Crippen molar-refractivity contribution >= 4 is 29.6 Å². The SMILES string of the molecule is O=C(O)CN1C(=O)C=CC1=O.O=C1CCC(=O)N1. The van der Waals surface area contributed by atoms with Crippen molar-refractivity contribution in [3.63, 3.8) is 0 Å². The summed E-state index contributed by atoms with van der Waals surface area (Å²) in [7, 11) is 0. The first kappa shape index (κ1) is 13.6. The number of carboxylic acids is 1. The fourth-order valence-corrected chi connectivity index (χ4v) is 1.23. The lowest BCUT2D eigenvalue weighted by Gasteiger charge is -2.08. The number of aliphatic carboxylic acids is 1. The van der Waals surface area contributed by atoms with E-state index in [1.54, 1.807) is 0 Å². The largest absolute Gasteiger partial charge is 0.480 e. The molecule has 1 fully saturated rings. The van der Waals surface area contributed by atoms with Crippen LogP contribution in [0.1, 0.15) is 12.8 Å². The zero-order chi connectivity index (χ0) is 13.7. The molecule has 0 atom stereocenters. The number of amides is 4. The lowest BCUT2D eigenvalue weighted by Crippen LogP contribution is -2.34. The third-order valence-corrected chi connectivity index (χ3v) is 2.05. The maximum absolute atomic E-state index is 10.7. The molecule has 0 unspecified atom stereocenters. The smallest absolute Gasteiger partial charge is 0.323 e. The lowest BCUT2D eigenvalue weighted by molar-refractivity contribution is -0.147. The van der Waals surface area contributed by atoms with E-state index in [0.717, 1.165) is 12.2 Å². The standard InChI is InChI=1S/C6H5NO4.C4H5NO2/c8-4-1-2-5(9)7(4)3-6(10)11;6-3-1-2-4(7)5-3/h1-2H,3H2,(H,10,11);1-2H2,(H,5,6,7). The van der Waals surface area contributed by atoms with Gasteiger partial charge in [0.25, 0.3) is 11.8 Å². The van der Waals surface area contributed by atoms with Crippen molar-refractivity contribution in [1.82, 2.24) is 10.2 Å². The van der Waals surface area contributed by atoms with Crippen molar-refractivity contribution < 1.29 is 29.1 Å². The third kappa shape index (κ3) is 3.81. The highest BCUT2D eigenvalue weighted by Gasteiger charge is 2.24. The highest BCUT2D eigenvalue weighted by atomic mass is 16.4. The summed E-state index contributed by atoms with van der Waals surface area (Å²) in [5, 5.41) is 10.4. The topological polar surface area (TPSA) is 121 Å². The molecule has 1 saturated heterocycles. The number of hydrogen-bond donors (Lipinski definition) is 2. The number of nitrogens with one attached hydrogen (secondary N) is 1. The highest BCUT2D eigenvalue weighted by molar-refractivity contribution is 6.14. The fourth-order valence-electron chi connectivity index (χ4n) is 1.23. The molecule has 2 N–H and O–H groups in total. The van der Waals surface area contributed by atoms with Crippen LogP contribution >= 0.6 is 0 Å². The zero-order valence-corrected chi connectivity index (χ0v) is 9.21. The molecule has 2 heterocycles. The monoisotopic (exact) mass is 254 g/mol. The minimum Gasteiger partial charge on any atom is -0.480 e. The Balaban J connectivity index is 0.000000199. The van der Waals surface area contributed by atoms with Crippen LogP contribution in [0.15, 0.2) is 12.2 Å². The molecule has 4 amide bonds. The van der Waals surface area contributed by atoms with Gasteiger partial charge in [-0.1, -0.05) is 0 Å². The summed E-state index contributed by atoms with van der Waals surface area (Å²) in [5.41, 5.74) is 0. The van der Waals surface area contributed by atoms with Gasteiger partial charge in [0.15, 0.2) is 0 Å². The average Bonchev–Trinajstić information content (AvgIpc) is 2.79. The van der Waals surface area contributed by atoms with E-state index in [1.165, 1.54) is 0 Å². The molecule has 8 heteroatoms. The van der Waals surface area contributed by atoms with Crippen LogP contribution in [0, 0.1) is 0 Å². The second-order valence-electron chi connectivity index (χ2n) is 3.46. The maximum atomic E-state index is 10.7. The molecule has 18 heavy (non-hydrogen) atoms. The summed E-state index contributed by atoms with van der Waals surface area (Å²) in [5.74, 6) is -2.64. The van der Waals surface area contributed by atoms with Crippen LogP contribution in [0.25, 0.3) is 0 Å². The van der Waals surface area contributed by atoms with Crippen LogP contribution in [-0.2, 0) is 24.0 Å². The van der Waals surface area contributed by atoms with E-state index < -0.39 is 24.3 Å². The van der Waals surface area contributed by atoms with E-state index in [2.05, 4.69) is 5.32 Å². The van der Waals surface area contributed by atoms with Crippen LogP contribution in [0.3, 0.4) is 0 Å². The molecule has 2 aliphatic heterocycles. The van der Waals surface area contributed by atoms with Crippen molar-refractivity contribution in [2.75, 3.05) is 6.54 Å². The summed E-state index contributed by atoms with van der Waals surface area (Å²) in [4.78, 5) is 52.3. The minimum atomic E-state index is -1.20. The van der Waals surface area contributed by atoms with Gasteiger partial charge in [0.2, 0.25) is 11.8 Å². The van der Waals surface area contributed by atoms with Gasteiger partial charge in [-0.2, -0.15) is 0 Å². The van der Waals surface area contributed by atoms with Crippen molar-refractivity contribution in [3.8, 4) is 0 Å². The Morgan fingerprint density at radius 2 is 1.56 bits per heavy atom. The summed E-state index contributed by atoms with van der Waals surface area (Å²) < 4.78 is 0. The number of nitrogens with zero attached hydrogens (tertiary/aromatic N) is 1. The van der Waals surface area contributed by atoms with Crippen LogP contribution in [-0.4, -0.2) is 46.1 Å². The predicted octanol–water partition coefficient (Wildman–Crippen LogP) is -1.58. The number of rotatable bonds is 2. The minimum absolute atomic E-state index is 0.148. The molecule has 2 aliphatic rings. The molecular formula is C10H10N2O6. The van der Waals surface area contributed by atoms with E-state index in [1.807, 2.05) is 0 Å². The third-order valence-electron chi connectivity index (χ3n) is 2.05. The first-order valence-electron chi connectivity index (χ1n) is 4.98. The maximum Gasteiger partial charge on any atom is 0.323 e. The molecule has 0 aromatic rings. The first-order valence-corrected chi connectivity index (χ1v) is 4.98. The number of imide groups is 2. The van der Waals surface area contributed by atoms with Crippen molar-refractivity contribution in [2.24, 2.45) is 0 Å². The van der Waals surface area contributed by atoms with Gasteiger partial charge in [0.1, 0.15) is 6.54 Å². The van der Waals surface area contributed by atoms with Crippen molar-refractivity contribution in [3.05, 3.63) is 12.2 Å². The predicted molar refractivity (Wildman–Crippen MR) is 55.9 cm³/mol. The van der Waals surface area contributed by atoms with Crippen LogP contribution in [0.2, 0.25) is 0 Å². The van der Waals surface area contributed by atoms with Crippen molar-refractivity contribution in [1.29, 1.82) is 0 Å². The molecule has 0 aromatic heterocycles. The van der Waals surface area contributed by atoms with Gasteiger partial charge in [-0.25, -0.2) is 0 Å². The zero-order valence-electron chi connectivity index (χ0n) is 9.21. The van der Waals surface area contributed by atoms with Crippen molar-refractivity contribution in [2.45, 2.75) is 12.8 Å². The van der Waals surface area contributed by atoms with Gasteiger partial charge in [0.05, 0.1) is 0 Å². The van der Waals surface area contributed by atoms with Gasteiger partial charge in [-0.3, -0.25) is 34.2 Å². The molecule has 0 radical (unpaired) electrons. The molecule has 0 spiro atoms. The average molecular weight is 254 g/mol. The van der Waals surface area contributed by atoms with Gasteiger partial charge in [-0.05, 0) is 0 Å². The number of hydrogen-bond acceptors (Lipinski definition) is 5. The van der Waals surface area contributed by atoms with Crippen LogP contribution in [0.4, 0.5) is 0 Å². The Labute approximate surface area is 101 Å². The molecule has 96 valence electrons. The molecular weight excluding hydrogens is 244 g/mol. The Morgan fingerprint density at radius 1 is 1.11 bits per heavy atom. The fraction of sp³-hybridized carbons (Fsp3) is 0.300. The van der Waals surface area contributed by atoms with Crippen LogP contribution in [0.5, 0.6) is 0 Å². The molecule has 2 rings (SSSR count). The lowest BCUT2D eigenvalue weighted by atomic mass is 10.4. The van der Waals surface area contributed by atoms with E-state index >= 15 is 0 Å². The van der Waals surface area contributed by atoms with E-state index in [4.69, 9.17) is 5.11 Å². The molecule has 0 saturated carbocycles. The number of carbonyl (C=O) groups is 5. The first-order chi connectivity index (χ1) is 8.40. The summed E-state index contributed by atoms with van der Waals surface area (Å²) in [6.45, 7) is -0.565. The Bertz CT molecular complexity index is 421. The molecule has 0 aromatic carbocycles. The van der Waals surface area contributed by atoms with E-state index in [9.17, 15) is 24.0 Å². The van der Waals surface area contributed by atoms with E-state index in [-0.39, 0.29) is 11.8 Å². The Morgan fingerprint density at radius 3 is 1.83 bits per heavy atom. The summed E-state index contributed by atoms with van der Waals surface area (Å²) in [6.07, 6.45) is 2.84. The molecule has 0 aliphatic carbocycles. The summed E-state index contributed by atoms with van der Waals surface area (Å²) in [6, 6.07) is 0. The van der Waals surface area contributed by atoms with Gasteiger partial charge in [0, 0.05) is 25.0 Å². The second-order valence-corrected chi connectivity index (χ2v) is 3.46. The highest BCUT2D eigenvalue weighted by Crippen LogP contribution is 2.01. The normalized spacial score (nSPS) is 17.7. The number of carboxylic acid groups (broad SMARTS) is 1. The Hall–Kier alpha value is -2.51. The molecule has 0 bridgehead atoms. The van der Waals surface area contributed by atoms with Crippen LogP contribution < -0.4 is 5.32 Å². The van der Waals surface area contributed by atoms with Gasteiger partial charge in [-0.15, -0.1) is 0 Å². The number of carbonyl (C=O) groups excluding carboxylic acids is 4. The van der Waals surface area contributed by atoms with E-state index in [0.29, 0.717) is 17.7 Å². The van der Waals surface area contributed by atoms with Gasteiger partial charge >= 0.3 is 5.97 Å². The summed E-state index contributed by atoms with van der Waals surface area (Å²) >= 11 is 0. The second kappa shape index (κ2) is 5.71. The Kier molecular flexibility index (Phi) is 4.30.